The summed E-state index contributed by atoms with van der Waals surface area (Å²) < 4.78 is 5.51. The van der Waals surface area contributed by atoms with Crippen LogP contribution in [-0.4, -0.2) is 52.9 Å². The van der Waals surface area contributed by atoms with E-state index in [1.807, 2.05) is 36.1 Å². The van der Waals surface area contributed by atoms with Crippen molar-refractivity contribution >= 4 is 17.8 Å². The standard InChI is InChI=1S/C23H31N3O4/c1-2-30-18-11-9-17(10-12-18)19-7-5-15-25(19)20(27)8-6-16-26-21(28)23(24-22(26)29)13-3-4-14-23/h9-12,19H,2-8,13-16H2,1H3,(H,24,29)/t19-/m1/s1. The van der Waals surface area contributed by atoms with Gasteiger partial charge >= 0.3 is 6.03 Å². The van der Waals surface area contributed by atoms with Crippen molar-refractivity contribution in [3.8, 4) is 5.75 Å². The van der Waals surface area contributed by atoms with Gasteiger partial charge in [0.1, 0.15) is 11.3 Å². The number of likely N-dealkylation sites (tertiary alicyclic amines) is 1. The molecule has 1 aliphatic carbocycles. The Kier molecular flexibility index (Phi) is 5.97. The zero-order valence-electron chi connectivity index (χ0n) is 17.7. The van der Waals surface area contributed by atoms with Crippen LogP contribution in [-0.2, 0) is 9.59 Å². The molecule has 2 aliphatic heterocycles. The number of hydrogen-bond acceptors (Lipinski definition) is 4. The molecule has 162 valence electrons. The number of hydrogen-bond donors (Lipinski definition) is 1. The van der Waals surface area contributed by atoms with Gasteiger partial charge in [-0.25, -0.2) is 4.79 Å². The van der Waals surface area contributed by atoms with E-state index < -0.39 is 5.54 Å². The second kappa shape index (κ2) is 8.66. The van der Waals surface area contributed by atoms with Gasteiger partial charge in [0, 0.05) is 19.5 Å². The Morgan fingerprint density at radius 2 is 1.90 bits per heavy atom. The van der Waals surface area contributed by atoms with Crippen molar-refractivity contribution < 1.29 is 19.1 Å². The van der Waals surface area contributed by atoms with Gasteiger partial charge in [0.05, 0.1) is 12.6 Å². The molecule has 7 heteroatoms. The summed E-state index contributed by atoms with van der Waals surface area (Å²) in [7, 11) is 0. The van der Waals surface area contributed by atoms with Gasteiger partial charge in [-0.3, -0.25) is 14.5 Å². The van der Waals surface area contributed by atoms with Crippen LogP contribution in [0.1, 0.15) is 69.9 Å². The number of urea groups is 1. The highest BCUT2D eigenvalue weighted by Crippen LogP contribution is 2.36. The minimum absolute atomic E-state index is 0.0895. The Morgan fingerprint density at radius 3 is 2.60 bits per heavy atom. The molecule has 4 amide bonds. The van der Waals surface area contributed by atoms with Gasteiger partial charge in [0.15, 0.2) is 0 Å². The number of carbonyl (C=O) groups is 3. The minimum atomic E-state index is -0.672. The van der Waals surface area contributed by atoms with Crippen molar-refractivity contribution in [2.24, 2.45) is 0 Å². The first-order chi connectivity index (χ1) is 14.5. The normalized spacial score (nSPS) is 22.8. The van der Waals surface area contributed by atoms with Crippen molar-refractivity contribution in [2.45, 2.75) is 69.9 Å². The summed E-state index contributed by atoms with van der Waals surface area (Å²) in [6, 6.07) is 7.77. The van der Waals surface area contributed by atoms with Crippen LogP contribution in [0.3, 0.4) is 0 Å². The summed E-state index contributed by atoms with van der Waals surface area (Å²) in [5.74, 6) is 0.825. The van der Waals surface area contributed by atoms with E-state index in [0.717, 1.165) is 56.4 Å². The van der Waals surface area contributed by atoms with E-state index in [2.05, 4.69) is 5.32 Å². The predicted octanol–water partition coefficient (Wildman–Crippen LogP) is 3.39. The molecule has 2 heterocycles. The number of nitrogens with one attached hydrogen (secondary N) is 1. The highest BCUT2D eigenvalue weighted by atomic mass is 16.5. The molecule has 1 aromatic rings. The number of amides is 4. The SMILES string of the molecule is CCOc1ccc([C@H]2CCCN2C(=O)CCCN2C(=O)NC3(CCCC3)C2=O)cc1. The van der Waals surface area contributed by atoms with Crippen LogP contribution in [0.5, 0.6) is 5.75 Å². The number of nitrogens with zero attached hydrogens (tertiary/aromatic N) is 2. The lowest BCUT2D eigenvalue weighted by Gasteiger charge is -2.26. The fraction of sp³-hybridized carbons (Fsp3) is 0.609. The number of imide groups is 1. The first-order valence-electron chi connectivity index (χ1n) is 11.2. The van der Waals surface area contributed by atoms with Gasteiger partial charge in [-0.1, -0.05) is 25.0 Å². The van der Waals surface area contributed by atoms with Crippen molar-refractivity contribution in [1.82, 2.24) is 15.1 Å². The average Bonchev–Trinajstić information content (AvgIpc) is 3.46. The molecule has 0 radical (unpaired) electrons. The first kappa shape index (κ1) is 20.7. The summed E-state index contributed by atoms with van der Waals surface area (Å²) in [6.45, 7) is 3.65. The number of ether oxygens (including phenoxy) is 1. The predicted molar refractivity (Wildman–Crippen MR) is 112 cm³/mol. The summed E-state index contributed by atoms with van der Waals surface area (Å²) in [5, 5.41) is 2.90. The molecule has 1 atom stereocenters. The molecular weight excluding hydrogens is 382 g/mol. The van der Waals surface area contributed by atoms with Crippen LogP contribution in [0.25, 0.3) is 0 Å². The molecule has 1 spiro atoms. The van der Waals surface area contributed by atoms with Gasteiger partial charge in [-0.05, 0) is 56.7 Å². The van der Waals surface area contributed by atoms with E-state index in [4.69, 9.17) is 4.74 Å². The maximum atomic E-state index is 12.9. The van der Waals surface area contributed by atoms with E-state index in [9.17, 15) is 14.4 Å². The molecular formula is C23H31N3O4. The van der Waals surface area contributed by atoms with Gasteiger partial charge in [0.2, 0.25) is 5.91 Å². The van der Waals surface area contributed by atoms with E-state index in [0.29, 0.717) is 26.0 Å². The Hall–Kier alpha value is -2.57. The maximum Gasteiger partial charge on any atom is 0.325 e. The number of carbonyl (C=O) groups excluding carboxylic acids is 3. The van der Waals surface area contributed by atoms with E-state index in [-0.39, 0.29) is 23.9 Å². The van der Waals surface area contributed by atoms with Crippen molar-refractivity contribution in [3.05, 3.63) is 29.8 Å². The summed E-state index contributed by atoms with van der Waals surface area (Å²) in [6.07, 6.45) is 6.18. The first-order valence-corrected chi connectivity index (χ1v) is 11.2. The molecule has 0 bridgehead atoms. The third-order valence-electron chi connectivity index (χ3n) is 6.62. The van der Waals surface area contributed by atoms with Crippen molar-refractivity contribution in [1.29, 1.82) is 0 Å². The van der Waals surface area contributed by atoms with E-state index in [1.54, 1.807) is 0 Å². The molecule has 1 aromatic carbocycles. The molecule has 2 saturated heterocycles. The highest BCUT2D eigenvalue weighted by molar-refractivity contribution is 6.07. The van der Waals surface area contributed by atoms with Gasteiger partial charge in [-0.15, -0.1) is 0 Å². The summed E-state index contributed by atoms with van der Waals surface area (Å²) in [5.41, 5.74) is 0.455. The second-order valence-electron chi connectivity index (χ2n) is 8.53. The number of benzene rings is 1. The zero-order valence-corrected chi connectivity index (χ0v) is 17.7. The minimum Gasteiger partial charge on any atom is -0.494 e. The summed E-state index contributed by atoms with van der Waals surface area (Å²) >= 11 is 0. The fourth-order valence-electron chi connectivity index (χ4n) is 5.09. The molecule has 1 N–H and O–H groups in total. The molecule has 1 saturated carbocycles. The molecule has 4 rings (SSSR count). The Labute approximate surface area is 177 Å². The van der Waals surface area contributed by atoms with Crippen LogP contribution in [0.15, 0.2) is 24.3 Å². The highest BCUT2D eigenvalue weighted by Gasteiger charge is 2.52. The Balaban J connectivity index is 1.31. The quantitative estimate of drug-likeness (QED) is 0.695. The number of rotatable bonds is 7. The lowest BCUT2D eigenvalue weighted by molar-refractivity contribution is -0.134. The molecule has 7 nitrogen and oxygen atoms in total. The van der Waals surface area contributed by atoms with E-state index in [1.165, 1.54) is 4.90 Å². The molecule has 3 aliphatic rings. The average molecular weight is 414 g/mol. The molecule has 30 heavy (non-hydrogen) atoms. The van der Waals surface area contributed by atoms with Crippen LogP contribution in [0, 0.1) is 0 Å². The fourth-order valence-corrected chi connectivity index (χ4v) is 5.09. The van der Waals surface area contributed by atoms with Crippen LogP contribution >= 0.6 is 0 Å². The van der Waals surface area contributed by atoms with E-state index >= 15 is 0 Å². The topological polar surface area (TPSA) is 79.0 Å². The Morgan fingerprint density at radius 1 is 1.17 bits per heavy atom. The van der Waals surface area contributed by atoms with Gasteiger partial charge < -0.3 is 15.0 Å². The van der Waals surface area contributed by atoms with Gasteiger partial charge in [0.25, 0.3) is 5.91 Å². The van der Waals surface area contributed by atoms with Gasteiger partial charge in [-0.2, -0.15) is 0 Å². The monoisotopic (exact) mass is 413 g/mol. The third-order valence-corrected chi connectivity index (χ3v) is 6.62. The lowest BCUT2D eigenvalue weighted by atomic mass is 9.98. The Bertz CT molecular complexity index is 801. The zero-order chi connectivity index (χ0) is 21.1. The van der Waals surface area contributed by atoms with Crippen LogP contribution < -0.4 is 10.1 Å². The maximum absolute atomic E-state index is 12.9. The third kappa shape index (κ3) is 3.89. The smallest absolute Gasteiger partial charge is 0.325 e. The molecule has 0 unspecified atom stereocenters. The van der Waals surface area contributed by atoms with Crippen LogP contribution in [0.2, 0.25) is 0 Å². The van der Waals surface area contributed by atoms with Crippen molar-refractivity contribution in [2.75, 3.05) is 19.7 Å². The molecule has 0 aromatic heterocycles. The lowest BCUT2D eigenvalue weighted by Crippen LogP contribution is -2.44. The summed E-state index contributed by atoms with van der Waals surface area (Å²) in [4.78, 5) is 41.1. The van der Waals surface area contributed by atoms with Crippen molar-refractivity contribution in [3.63, 3.8) is 0 Å². The largest absolute Gasteiger partial charge is 0.494 e. The van der Waals surface area contributed by atoms with Crippen LogP contribution in [0.4, 0.5) is 4.79 Å². The second-order valence-corrected chi connectivity index (χ2v) is 8.53. The molecule has 3 fully saturated rings.